The summed E-state index contributed by atoms with van der Waals surface area (Å²) in [4.78, 5) is 43.5. The van der Waals surface area contributed by atoms with Crippen molar-refractivity contribution in [1.82, 2.24) is 9.55 Å². The van der Waals surface area contributed by atoms with Crippen LogP contribution in [-0.2, 0) is 16.1 Å². The standard InChI is InChI=1S/C23H20N4O3S3/c1-3-9-27-22(30)20-17(18-8-5-10-31-18)12-32-21(20)26-23(27)33-13-19(29)25-16-7-4-6-15(11-16)24-14(2)28/h3-8,10-12H,1,9,13H2,2H3,(H,24,28)(H,25,29). The van der Waals surface area contributed by atoms with E-state index in [1.807, 2.05) is 22.9 Å². The molecule has 0 aliphatic rings. The van der Waals surface area contributed by atoms with Crippen molar-refractivity contribution >= 4 is 67.8 Å². The summed E-state index contributed by atoms with van der Waals surface area (Å²) in [5, 5.41) is 10.5. The number of hydrogen-bond acceptors (Lipinski definition) is 7. The number of aromatic nitrogens is 2. The fraction of sp³-hybridized carbons (Fsp3) is 0.130. The first kappa shape index (κ1) is 23.0. The van der Waals surface area contributed by atoms with Crippen LogP contribution in [0, 0.1) is 0 Å². The molecule has 168 valence electrons. The third kappa shape index (κ3) is 5.24. The van der Waals surface area contributed by atoms with Crippen molar-refractivity contribution in [3.05, 3.63) is 70.2 Å². The average Bonchev–Trinajstić information content (AvgIpc) is 3.44. The van der Waals surface area contributed by atoms with Gasteiger partial charge in [-0.25, -0.2) is 4.98 Å². The Balaban J connectivity index is 1.55. The van der Waals surface area contributed by atoms with E-state index in [0.29, 0.717) is 33.3 Å². The summed E-state index contributed by atoms with van der Waals surface area (Å²) in [5.41, 5.74) is 1.90. The number of benzene rings is 1. The monoisotopic (exact) mass is 496 g/mol. The van der Waals surface area contributed by atoms with Crippen LogP contribution in [0.4, 0.5) is 11.4 Å². The molecule has 7 nitrogen and oxygen atoms in total. The topological polar surface area (TPSA) is 93.1 Å². The molecular weight excluding hydrogens is 476 g/mol. The van der Waals surface area contributed by atoms with Gasteiger partial charge in [-0.15, -0.1) is 29.3 Å². The number of nitrogens with zero attached hydrogens (tertiary/aromatic N) is 2. The number of rotatable bonds is 8. The zero-order valence-electron chi connectivity index (χ0n) is 17.7. The van der Waals surface area contributed by atoms with Gasteiger partial charge >= 0.3 is 0 Å². The molecule has 33 heavy (non-hydrogen) atoms. The molecule has 3 aromatic heterocycles. The number of anilines is 2. The molecular formula is C23H20N4O3S3. The minimum absolute atomic E-state index is 0.0720. The number of hydrogen-bond donors (Lipinski definition) is 2. The Morgan fingerprint density at radius 3 is 2.67 bits per heavy atom. The fourth-order valence-corrected chi connectivity index (χ4v) is 5.84. The molecule has 2 amide bonds. The summed E-state index contributed by atoms with van der Waals surface area (Å²) in [6.45, 7) is 5.47. The second-order valence-electron chi connectivity index (χ2n) is 7.00. The van der Waals surface area contributed by atoms with Gasteiger partial charge in [0.1, 0.15) is 4.83 Å². The molecule has 2 N–H and O–H groups in total. The van der Waals surface area contributed by atoms with Gasteiger partial charge in [-0.05, 0) is 29.6 Å². The molecule has 10 heteroatoms. The first-order chi connectivity index (χ1) is 16.0. The lowest BCUT2D eigenvalue weighted by atomic mass is 10.2. The number of amides is 2. The van der Waals surface area contributed by atoms with Crippen molar-refractivity contribution in [3.8, 4) is 10.4 Å². The molecule has 1 aromatic carbocycles. The van der Waals surface area contributed by atoms with Crippen molar-refractivity contribution in [2.45, 2.75) is 18.6 Å². The van der Waals surface area contributed by atoms with Gasteiger partial charge in [-0.2, -0.15) is 0 Å². The maximum Gasteiger partial charge on any atom is 0.263 e. The highest BCUT2D eigenvalue weighted by Crippen LogP contribution is 2.34. The molecule has 0 aliphatic heterocycles. The number of nitrogens with one attached hydrogen (secondary N) is 2. The highest BCUT2D eigenvalue weighted by atomic mass is 32.2. The molecule has 0 saturated heterocycles. The molecule has 3 heterocycles. The van der Waals surface area contributed by atoms with Crippen molar-refractivity contribution in [1.29, 1.82) is 0 Å². The number of carbonyl (C=O) groups is 2. The highest BCUT2D eigenvalue weighted by Gasteiger charge is 2.18. The van der Waals surface area contributed by atoms with Crippen LogP contribution in [-0.4, -0.2) is 27.1 Å². The van der Waals surface area contributed by atoms with Gasteiger partial charge in [0.05, 0.1) is 11.1 Å². The van der Waals surface area contributed by atoms with Crippen LogP contribution in [0.15, 0.2) is 69.8 Å². The predicted molar refractivity (Wildman–Crippen MR) is 137 cm³/mol. The van der Waals surface area contributed by atoms with E-state index >= 15 is 0 Å². The third-order valence-corrected chi connectivity index (χ3v) is 7.31. The predicted octanol–water partition coefficient (Wildman–Crippen LogP) is 5.06. The number of allylic oxidation sites excluding steroid dienone is 1. The Morgan fingerprint density at radius 2 is 1.97 bits per heavy atom. The second-order valence-corrected chi connectivity index (χ2v) is 9.75. The lowest BCUT2D eigenvalue weighted by molar-refractivity contribution is -0.114. The molecule has 0 aliphatic carbocycles. The minimum atomic E-state index is -0.245. The number of carbonyl (C=O) groups excluding carboxylic acids is 2. The molecule has 0 atom stereocenters. The lowest BCUT2D eigenvalue weighted by Gasteiger charge is -2.11. The van der Waals surface area contributed by atoms with Gasteiger partial charge in [0.15, 0.2) is 5.16 Å². The van der Waals surface area contributed by atoms with Crippen LogP contribution in [0.3, 0.4) is 0 Å². The number of thioether (sulfide) groups is 1. The molecule has 0 fully saturated rings. The van der Waals surface area contributed by atoms with Crippen LogP contribution < -0.4 is 16.2 Å². The summed E-state index contributed by atoms with van der Waals surface area (Å²) < 4.78 is 1.55. The SMILES string of the molecule is C=CCn1c(SCC(=O)Nc2cccc(NC(C)=O)c2)nc2scc(-c3cccs3)c2c1=O. The highest BCUT2D eigenvalue weighted by molar-refractivity contribution is 7.99. The van der Waals surface area contributed by atoms with E-state index in [1.165, 1.54) is 30.0 Å². The van der Waals surface area contributed by atoms with Crippen LogP contribution in [0.5, 0.6) is 0 Å². The summed E-state index contributed by atoms with van der Waals surface area (Å²) in [7, 11) is 0. The van der Waals surface area contributed by atoms with Crippen molar-refractivity contribution in [2.24, 2.45) is 0 Å². The minimum Gasteiger partial charge on any atom is -0.326 e. The molecule has 4 aromatic rings. The van der Waals surface area contributed by atoms with Gasteiger partial charge in [0.25, 0.3) is 5.56 Å². The maximum absolute atomic E-state index is 13.3. The van der Waals surface area contributed by atoms with E-state index in [-0.39, 0.29) is 23.1 Å². The molecule has 0 saturated carbocycles. The zero-order chi connectivity index (χ0) is 23.4. The van der Waals surface area contributed by atoms with Crippen molar-refractivity contribution in [3.63, 3.8) is 0 Å². The van der Waals surface area contributed by atoms with E-state index < -0.39 is 0 Å². The third-order valence-electron chi connectivity index (χ3n) is 4.56. The Labute approximate surface area is 202 Å². The first-order valence-electron chi connectivity index (χ1n) is 9.93. The number of thiophene rings is 2. The average molecular weight is 497 g/mol. The van der Waals surface area contributed by atoms with E-state index in [0.717, 1.165) is 10.4 Å². The van der Waals surface area contributed by atoms with E-state index in [9.17, 15) is 14.4 Å². The lowest BCUT2D eigenvalue weighted by Crippen LogP contribution is -2.23. The maximum atomic E-state index is 13.3. The molecule has 0 spiro atoms. The summed E-state index contributed by atoms with van der Waals surface area (Å²) in [6, 6.07) is 10.8. The van der Waals surface area contributed by atoms with E-state index in [2.05, 4.69) is 22.2 Å². The van der Waals surface area contributed by atoms with Crippen LogP contribution in [0.1, 0.15) is 6.92 Å². The van der Waals surface area contributed by atoms with Crippen molar-refractivity contribution < 1.29 is 9.59 Å². The van der Waals surface area contributed by atoms with Gasteiger partial charge in [-0.3, -0.25) is 19.0 Å². The second kappa shape index (κ2) is 10.2. The largest absolute Gasteiger partial charge is 0.326 e. The molecule has 0 radical (unpaired) electrons. The van der Waals surface area contributed by atoms with Gasteiger partial charge < -0.3 is 10.6 Å². The first-order valence-corrected chi connectivity index (χ1v) is 12.7. The Kier molecular flexibility index (Phi) is 7.07. The zero-order valence-corrected chi connectivity index (χ0v) is 20.1. The van der Waals surface area contributed by atoms with E-state index in [4.69, 9.17) is 0 Å². The van der Waals surface area contributed by atoms with Gasteiger partial charge in [0.2, 0.25) is 11.8 Å². The van der Waals surface area contributed by atoms with Gasteiger partial charge in [-0.1, -0.05) is 30.0 Å². The molecule has 0 unspecified atom stereocenters. The fourth-order valence-electron chi connectivity index (χ4n) is 3.22. The Morgan fingerprint density at radius 1 is 1.18 bits per heavy atom. The summed E-state index contributed by atoms with van der Waals surface area (Å²) in [6.07, 6.45) is 1.64. The summed E-state index contributed by atoms with van der Waals surface area (Å²) in [5.74, 6) is -0.362. The van der Waals surface area contributed by atoms with Gasteiger partial charge in [0, 0.05) is 40.7 Å². The number of fused-ring (bicyclic) bond motifs is 1. The normalized spacial score (nSPS) is 10.8. The van der Waals surface area contributed by atoms with Crippen LogP contribution in [0.2, 0.25) is 0 Å². The van der Waals surface area contributed by atoms with Crippen molar-refractivity contribution in [2.75, 3.05) is 16.4 Å². The van der Waals surface area contributed by atoms with E-state index in [1.54, 1.807) is 46.2 Å². The smallest absolute Gasteiger partial charge is 0.263 e. The quantitative estimate of drug-likeness (QED) is 0.202. The summed E-state index contributed by atoms with van der Waals surface area (Å²) >= 11 is 4.19. The Bertz CT molecular complexity index is 1390. The molecule has 0 bridgehead atoms. The van der Waals surface area contributed by atoms with Crippen LogP contribution in [0.25, 0.3) is 20.7 Å². The molecule has 4 rings (SSSR count). The Hall–Kier alpha value is -3.21. The van der Waals surface area contributed by atoms with Crippen LogP contribution >= 0.6 is 34.4 Å².